The van der Waals surface area contributed by atoms with E-state index in [1.807, 2.05) is 4.90 Å². The third kappa shape index (κ3) is 4.85. The quantitative estimate of drug-likeness (QED) is 0.479. The number of hydrogen-bond donors (Lipinski definition) is 0. The molecule has 190 valence electrons. The summed E-state index contributed by atoms with van der Waals surface area (Å²) in [6.07, 6.45) is 5.34. The molecule has 2 fully saturated rings. The van der Waals surface area contributed by atoms with Crippen LogP contribution < -0.4 is 15.2 Å². The minimum Gasteiger partial charge on any atom is -0.483 e. The minimum atomic E-state index is -3.98. The Bertz CT molecular complexity index is 1420. The van der Waals surface area contributed by atoms with Crippen molar-refractivity contribution in [3.05, 3.63) is 75.9 Å². The van der Waals surface area contributed by atoms with Gasteiger partial charge in [0.2, 0.25) is 15.8 Å². The molecule has 1 saturated heterocycles. The van der Waals surface area contributed by atoms with E-state index in [9.17, 15) is 17.6 Å². The largest absolute Gasteiger partial charge is 0.483 e. The number of sulfonamides is 1. The lowest BCUT2D eigenvalue weighted by molar-refractivity contribution is 0.205. The predicted octanol–water partition coefficient (Wildman–Crippen LogP) is 3.86. The summed E-state index contributed by atoms with van der Waals surface area (Å²) in [5, 5.41) is 4.85. The first-order valence-electron chi connectivity index (χ1n) is 11.9. The van der Waals surface area contributed by atoms with Crippen molar-refractivity contribution in [2.45, 2.75) is 36.7 Å². The summed E-state index contributed by atoms with van der Waals surface area (Å²) in [6, 6.07) is 12.2. The van der Waals surface area contributed by atoms with Crippen LogP contribution in [0.3, 0.4) is 0 Å². The van der Waals surface area contributed by atoms with Crippen LogP contribution in [0.15, 0.2) is 64.4 Å². The second-order valence-corrected chi connectivity index (χ2v) is 11.2. The van der Waals surface area contributed by atoms with Gasteiger partial charge in [-0.25, -0.2) is 12.8 Å². The fourth-order valence-corrected chi connectivity index (χ4v) is 6.36. The van der Waals surface area contributed by atoms with E-state index in [1.54, 1.807) is 30.5 Å². The van der Waals surface area contributed by atoms with Gasteiger partial charge in [0.15, 0.2) is 0 Å². The summed E-state index contributed by atoms with van der Waals surface area (Å²) >= 11 is 6.12. The molecule has 8 nitrogen and oxygen atoms in total. The monoisotopic (exact) mass is 532 g/mol. The Kier molecular flexibility index (Phi) is 7.00. The molecule has 0 radical (unpaired) electrons. The number of anilines is 1. The third-order valence-corrected chi connectivity index (χ3v) is 8.76. The lowest BCUT2D eigenvalue weighted by Crippen LogP contribution is -2.49. The first-order valence-corrected chi connectivity index (χ1v) is 13.7. The van der Waals surface area contributed by atoms with Crippen LogP contribution >= 0.6 is 11.6 Å². The van der Waals surface area contributed by atoms with Crippen LogP contribution in [0, 0.1) is 5.82 Å². The van der Waals surface area contributed by atoms with Gasteiger partial charge in [-0.2, -0.15) is 14.1 Å². The summed E-state index contributed by atoms with van der Waals surface area (Å²) in [5.74, 6) is -0.580. The molecule has 1 aliphatic carbocycles. The lowest BCUT2D eigenvalue weighted by Gasteiger charge is -2.36. The van der Waals surface area contributed by atoms with Gasteiger partial charge < -0.3 is 9.64 Å². The van der Waals surface area contributed by atoms with Gasteiger partial charge in [-0.15, -0.1) is 0 Å². The molecule has 0 spiro atoms. The second kappa shape index (κ2) is 10.2. The maximum atomic E-state index is 14.2. The fraction of sp³-hybridized carbons (Fsp3) is 0.360. The highest BCUT2D eigenvalue weighted by Gasteiger charge is 2.32. The number of benzene rings is 2. The van der Waals surface area contributed by atoms with Crippen LogP contribution in [-0.2, 0) is 10.0 Å². The molecule has 0 N–H and O–H groups in total. The average Bonchev–Trinajstić information content (AvgIpc) is 3.39. The number of ether oxygens (including phenoxy) is 1. The molecule has 1 saturated carbocycles. The maximum absolute atomic E-state index is 14.2. The third-order valence-electron chi connectivity index (χ3n) is 6.59. The Balaban J connectivity index is 1.43. The molecule has 0 amide bonds. The Morgan fingerprint density at radius 1 is 1.00 bits per heavy atom. The topological polar surface area (TPSA) is 84.7 Å². The first kappa shape index (κ1) is 24.7. The molecule has 36 heavy (non-hydrogen) atoms. The molecule has 0 atom stereocenters. The van der Waals surface area contributed by atoms with Gasteiger partial charge >= 0.3 is 5.56 Å². The van der Waals surface area contributed by atoms with Crippen LogP contribution in [0.2, 0.25) is 5.02 Å². The van der Waals surface area contributed by atoms with E-state index >= 15 is 0 Å². The number of nitrogens with zero attached hydrogens (tertiary/aromatic N) is 4. The smallest absolute Gasteiger partial charge is 0.316 e. The maximum Gasteiger partial charge on any atom is 0.316 e. The van der Waals surface area contributed by atoms with E-state index in [2.05, 4.69) is 5.10 Å². The van der Waals surface area contributed by atoms with Crippen LogP contribution in [0.1, 0.15) is 25.7 Å². The van der Waals surface area contributed by atoms with Gasteiger partial charge in [0.05, 0.1) is 18.0 Å². The van der Waals surface area contributed by atoms with Crippen LogP contribution in [-0.4, -0.2) is 54.8 Å². The highest BCUT2D eigenvalue weighted by molar-refractivity contribution is 7.89. The normalized spacial score (nSPS) is 17.4. The van der Waals surface area contributed by atoms with Crippen molar-refractivity contribution in [3.8, 4) is 11.4 Å². The van der Waals surface area contributed by atoms with E-state index < -0.39 is 21.4 Å². The molecule has 3 aromatic rings. The molecule has 0 bridgehead atoms. The van der Waals surface area contributed by atoms with Gasteiger partial charge in [-0.3, -0.25) is 4.79 Å². The SMILES string of the molecule is O=c1c(OC2CCCC2)c(N2CCN(S(=O)(=O)c3ccccc3F)CC2)cnn1-c1cccc(Cl)c1. The number of halogens is 2. The molecule has 1 aromatic heterocycles. The zero-order valence-corrected chi connectivity index (χ0v) is 21.1. The number of hydrogen-bond acceptors (Lipinski definition) is 6. The molecular weight excluding hydrogens is 507 g/mol. The molecule has 1 aliphatic heterocycles. The van der Waals surface area contributed by atoms with Crippen LogP contribution in [0.4, 0.5) is 10.1 Å². The Morgan fingerprint density at radius 2 is 1.72 bits per heavy atom. The van der Waals surface area contributed by atoms with E-state index in [0.717, 1.165) is 31.7 Å². The molecular formula is C25H26ClFN4O4S. The van der Waals surface area contributed by atoms with Gasteiger partial charge in [0.25, 0.3) is 0 Å². The van der Waals surface area contributed by atoms with Crippen molar-refractivity contribution in [1.82, 2.24) is 14.1 Å². The van der Waals surface area contributed by atoms with Crippen molar-refractivity contribution < 1.29 is 17.5 Å². The Hall–Kier alpha value is -2.95. The Labute approximate surface area is 213 Å². The van der Waals surface area contributed by atoms with E-state index in [-0.39, 0.29) is 29.8 Å². The second-order valence-electron chi connectivity index (χ2n) is 8.90. The number of aromatic nitrogens is 2. The van der Waals surface area contributed by atoms with E-state index in [0.29, 0.717) is 29.5 Å². The van der Waals surface area contributed by atoms with Gasteiger partial charge in [-0.05, 0) is 56.0 Å². The van der Waals surface area contributed by atoms with Crippen molar-refractivity contribution in [3.63, 3.8) is 0 Å². The Morgan fingerprint density at radius 3 is 2.42 bits per heavy atom. The van der Waals surface area contributed by atoms with Crippen LogP contribution in [0.5, 0.6) is 5.75 Å². The van der Waals surface area contributed by atoms with Crippen molar-refractivity contribution in [2.24, 2.45) is 0 Å². The van der Waals surface area contributed by atoms with Gasteiger partial charge in [-0.1, -0.05) is 29.8 Å². The zero-order valence-electron chi connectivity index (χ0n) is 19.5. The zero-order chi connectivity index (χ0) is 25.3. The average molecular weight is 533 g/mol. The summed E-state index contributed by atoms with van der Waals surface area (Å²) in [5.41, 5.74) is 0.646. The highest BCUT2D eigenvalue weighted by Crippen LogP contribution is 2.31. The fourth-order valence-electron chi connectivity index (χ4n) is 4.69. The van der Waals surface area contributed by atoms with E-state index in [1.165, 1.54) is 27.2 Å². The van der Waals surface area contributed by atoms with Gasteiger partial charge in [0.1, 0.15) is 16.4 Å². The molecule has 2 heterocycles. The predicted molar refractivity (Wildman–Crippen MR) is 135 cm³/mol. The van der Waals surface area contributed by atoms with Crippen molar-refractivity contribution in [2.75, 3.05) is 31.1 Å². The molecule has 5 rings (SSSR count). The summed E-state index contributed by atoms with van der Waals surface area (Å²) in [6.45, 7) is 0.877. The van der Waals surface area contributed by atoms with Gasteiger partial charge in [0, 0.05) is 31.2 Å². The highest BCUT2D eigenvalue weighted by atomic mass is 35.5. The molecule has 2 aliphatic rings. The number of piperazine rings is 1. The summed E-state index contributed by atoms with van der Waals surface area (Å²) in [4.78, 5) is 15.1. The molecule has 11 heteroatoms. The van der Waals surface area contributed by atoms with Crippen molar-refractivity contribution in [1.29, 1.82) is 0 Å². The first-order chi connectivity index (χ1) is 17.3. The minimum absolute atomic E-state index is 0.0608. The summed E-state index contributed by atoms with van der Waals surface area (Å²) < 4.78 is 48.9. The van der Waals surface area contributed by atoms with E-state index in [4.69, 9.17) is 16.3 Å². The molecule has 2 aromatic carbocycles. The van der Waals surface area contributed by atoms with Crippen molar-refractivity contribution >= 4 is 27.3 Å². The standard InChI is InChI=1S/C25H26ClFN4O4S/c26-18-6-5-7-19(16-18)31-25(32)24(35-20-8-1-2-9-20)22(17-28-31)29-12-14-30(15-13-29)36(33,34)23-11-4-3-10-21(23)27/h3-7,10-11,16-17,20H,1-2,8-9,12-15H2. The van der Waals surface area contributed by atoms with Crippen LogP contribution in [0.25, 0.3) is 5.69 Å². The molecule has 0 unspecified atom stereocenters. The number of rotatable bonds is 6. The summed E-state index contributed by atoms with van der Waals surface area (Å²) in [7, 11) is -3.98. The lowest BCUT2D eigenvalue weighted by atomic mass is 10.2.